The van der Waals surface area contributed by atoms with Crippen LogP contribution in [0, 0.1) is 10.1 Å². The Bertz CT molecular complexity index is 628. The largest absolute Gasteiger partial charge is 0.484 e. The number of benzene rings is 1. The van der Waals surface area contributed by atoms with Crippen LogP contribution in [-0.2, 0) is 9.53 Å². The standard InChI is InChI=1S/C17H23N3O5S/c21-16(11-25-15-3-1-14(2-4-15)20(22)23)18-12-17(5-10-26-13-17)19-6-8-24-9-7-19/h1-4H,5-13H2,(H,18,21). The molecule has 1 N–H and O–H groups in total. The molecule has 2 heterocycles. The first-order valence-corrected chi connectivity index (χ1v) is 9.79. The van der Waals surface area contributed by atoms with Gasteiger partial charge < -0.3 is 14.8 Å². The van der Waals surface area contributed by atoms with Gasteiger partial charge in [0.25, 0.3) is 11.6 Å². The van der Waals surface area contributed by atoms with Crippen molar-refractivity contribution in [2.45, 2.75) is 12.0 Å². The third-order valence-electron chi connectivity index (χ3n) is 4.80. The van der Waals surface area contributed by atoms with Gasteiger partial charge in [0.15, 0.2) is 6.61 Å². The van der Waals surface area contributed by atoms with Gasteiger partial charge in [-0.3, -0.25) is 19.8 Å². The summed E-state index contributed by atoms with van der Waals surface area (Å²) in [7, 11) is 0. The van der Waals surface area contributed by atoms with Crippen molar-refractivity contribution >= 4 is 23.4 Å². The maximum atomic E-state index is 12.2. The first-order valence-electron chi connectivity index (χ1n) is 8.64. The summed E-state index contributed by atoms with van der Waals surface area (Å²) >= 11 is 1.92. The average Bonchev–Trinajstić information content (AvgIpc) is 3.16. The van der Waals surface area contributed by atoms with Crippen LogP contribution in [0.25, 0.3) is 0 Å². The zero-order chi connectivity index (χ0) is 18.4. The molecule has 26 heavy (non-hydrogen) atoms. The van der Waals surface area contributed by atoms with Crippen molar-refractivity contribution in [1.29, 1.82) is 0 Å². The summed E-state index contributed by atoms with van der Waals surface area (Å²) in [5.74, 6) is 2.36. The Labute approximate surface area is 156 Å². The highest BCUT2D eigenvalue weighted by atomic mass is 32.2. The molecule has 1 atom stereocenters. The molecule has 1 unspecified atom stereocenters. The minimum atomic E-state index is -0.471. The lowest BCUT2D eigenvalue weighted by atomic mass is 9.95. The summed E-state index contributed by atoms with van der Waals surface area (Å²) in [5.41, 5.74) is -0.00901. The van der Waals surface area contributed by atoms with Gasteiger partial charge in [0.1, 0.15) is 5.75 Å². The third kappa shape index (κ3) is 4.66. The van der Waals surface area contributed by atoms with Gasteiger partial charge in [-0.1, -0.05) is 0 Å². The van der Waals surface area contributed by atoms with Crippen molar-refractivity contribution in [3.8, 4) is 5.75 Å². The second-order valence-electron chi connectivity index (χ2n) is 6.44. The Balaban J connectivity index is 1.48. The molecule has 0 radical (unpaired) electrons. The van der Waals surface area contributed by atoms with Crippen molar-refractivity contribution in [3.05, 3.63) is 34.4 Å². The number of amides is 1. The highest BCUT2D eigenvalue weighted by molar-refractivity contribution is 7.99. The number of nitrogens with zero attached hydrogens (tertiary/aromatic N) is 2. The number of thioether (sulfide) groups is 1. The van der Waals surface area contributed by atoms with Crippen LogP contribution < -0.4 is 10.1 Å². The van der Waals surface area contributed by atoms with Gasteiger partial charge in [0.05, 0.1) is 18.1 Å². The summed E-state index contributed by atoms with van der Waals surface area (Å²) in [6, 6.07) is 5.70. The van der Waals surface area contributed by atoms with Gasteiger partial charge in [-0.25, -0.2) is 0 Å². The molecule has 1 aromatic rings. The maximum absolute atomic E-state index is 12.2. The molecule has 8 nitrogen and oxygen atoms in total. The summed E-state index contributed by atoms with van der Waals surface area (Å²) in [6.45, 7) is 3.77. The van der Waals surface area contributed by atoms with E-state index in [1.165, 1.54) is 24.3 Å². The monoisotopic (exact) mass is 381 g/mol. The zero-order valence-electron chi connectivity index (χ0n) is 14.5. The third-order valence-corrected chi connectivity index (χ3v) is 6.03. The summed E-state index contributed by atoms with van der Waals surface area (Å²) in [5, 5.41) is 13.6. The first kappa shape index (κ1) is 18.9. The molecule has 2 saturated heterocycles. The number of morpholine rings is 1. The highest BCUT2D eigenvalue weighted by Gasteiger charge is 2.40. The zero-order valence-corrected chi connectivity index (χ0v) is 15.3. The maximum Gasteiger partial charge on any atom is 0.269 e. The minimum absolute atomic E-state index is 0.00251. The Hall–Kier alpha value is -1.84. The second kappa shape index (κ2) is 8.70. The van der Waals surface area contributed by atoms with Gasteiger partial charge in [0.2, 0.25) is 0 Å². The van der Waals surface area contributed by atoms with Gasteiger partial charge in [-0.05, 0) is 24.3 Å². The predicted molar refractivity (Wildman–Crippen MR) is 98.7 cm³/mol. The van der Waals surface area contributed by atoms with E-state index >= 15 is 0 Å². The van der Waals surface area contributed by atoms with Crippen LogP contribution >= 0.6 is 11.8 Å². The lowest BCUT2D eigenvalue weighted by Crippen LogP contribution is -2.59. The number of nitro benzene ring substituents is 1. The van der Waals surface area contributed by atoms with E-state index in [0.29, 0.717) is 12.3 Å². The van der Waals surface area contributed by atoms with Crippen LogP contribution in [0.5, 0.6) is 5.75 Å². The number of hydrogen-bond acceptors (Lipinski definition) is 7. The van der Waals surface area contributed by atoms with Crippen LogP contribution in [0.4, 0.5) is 5.69 Å². The van der Waals surface area contributed by atoms with E-state index in [0.717, 1.165) is 44.2 Å². The molecule has 0 spiro atoms. The lowest BCUT2D eigenvalue weighted by molar-refractivity contribution is -0.384. The van der Waals surface area contributed by atoms with Gasteiger partial charge in [0, 0.05) is 43.1 Å². The number of nitro groups is 1. The fourth-order valence-electron chi connectivity index (χ4n) is 3.26. The molecule has 2 aliphatic rings. The van der Waals surface area contributed by atoms with Crippen molar-refractivity contribution in [2.75, 3.05) is 51.0 Å². The Morgan fingerprint density at radius 2 is 2.08 bits per heavy atom. The molecule has 9 heteroatoms. The van der Waals surface area contributed by atoms with Crippen LogP contribution in [0.3, 0.4) is 0 Å². The first-order chi connectivity index (χ1) is 12.6. The van der Waals surface area contributed by atoms with Crippen LogP contribution in [-0.4, -0.2) is 72.2 Å². The molecule has 3 rings (SSSR count). The SMILES string of the molecule is O=C(COc1ccc([N+](=O)[O-])cc1)NCC1(N2CCOCC2)CCSC1. The van der Waals surface area contributed by atoms with Crippen molar-refractivity contribution in [1.82, 2.24) is 10.2 Å². The highest BCUT2D eigenvalue weighted by Crippen LogP contribution is 2.33. The van der Waals surface area contributed by atoms with Gasteiger partial charge in [-0.2, -0.15) is 11.8 Å². The van der Waals surface area contributed by atoms with Crippen molar-refractivity contribution in [2.24, 2.45) is 0 Å². The van der Waals surface area contributed by atoms with Crippen LogP contribution in [0.2, 0.25) is 0 Å². The van der Waals surface area contributed by atoms with Crippen molar-refractivity contribution < 1.29 is 19.2 Å². The van der Waals surface area contributed by atoms with E-state index in [1.807, 2.05) is 11.8 Å². The van der Waals surface area contributed by atoms with Crippen LogP contribution in [0.1, 0.15) is 6.42 Å². The molecule has 2 fully saturated rings. The van der Waals surface area contributed by atoms with E-state index in [2.05, 4.69) is 10.2 Å². The molecular formula is C17H23N3O5S. The quantitative estimate of drug-likeness (QED) is 0.562. The second-order valence-corrected chi connectivity index (χ2v) is 7.55. The number of carbonyl (C=O) groups excluding carboxylic acids is 1. The molecule has 142 valence electrons. The van der Waals surface area contributed by atoms with E-state index in [4.69, 9.17) is 9.47 Å². The number of hydrogen-bond donors (Lipinski definition) is 1. The van der Waals surface area contributed by atoms with Crippen molar-refractivity contribution in [3.63, 3.8) is 0 Å². The summed E-state index contributed by atoms with van der Waals surface area (Å²) in [6.07, 6.45) is 1.06. The molecule has 0 saturated carbocycles. The molecule has 1 aromatic carbocycles. The molecule has 0 bridgehead atoms. The van der Waals surface area contributed by atoms with Crippen LogP contribution in [0.15, 0.2) is 24.3 Å². The molecule has 0 aliphatic carbocycles. The Kier molecular flexibility index (Phi) is 6.33. The Morgan fingerprint density at radius 3 is 2.69 bits per heavy atom. The number of carbonyl (C=O) groups is 1. The number of ether oxygens (including phenoxy) is 2. The van der Waals surface area contributed by atoms with E-state index in [9.17, 15) is 14.9 Å². The predicted octanol–water partition coefficient (Wildman–Crippen LogP) is 1.30. The normalized spacial score (nSPS) is 23.5. The fraction of sp³-hybridized carbons (Fsp3) is 0.588. The number of non-ortho nitro benzene ring substituents is 1. The van der Waals surface area contributed by atoms with E-state index in [-0.39, 0.29) is 23.7 Å². The van der Waals surface area contributed by atoms with Gasteiger partial charge >= 0.3 is 0 Å². The number of nitrogens with one attached hydrogen (secondary N) is 1. The molecule has 0 aromatic heterocycles. The Morgan fingerprint density at radius 1 is 1.35 bits per heavy atom. The van der Waals surface area contributed by atoms with Gasteiger partial charge in [-0.15, -0.1) is 0 Å². The molecule has 2 aliphatic heterocycles. The summed E-state index contributed by atoms with van der Waals surface area (Å²) < 4.78 is 10.9. The fourth-order valence-corrected chi connectivity index (χ4v) is 4.74. The number of rotatable bonds is 7. The lowest BCUT2D eigenvalue weighted by Gasteiger charge is -2.43. The summed E-state index contributed by atoms with van der Waals surface area (Å²) in [4.78, 5) is 24.8. The average molecular weight is 381 g/mol. The molecule has 1 amide bonds. The van der Waals surface area contributed by atoms with E-state index < -0.39 is 4.92 Å². The van der Waals surface area contributed by atoms with E-state index in [1.54, 1.807) is 0 Å². The minimum Gasteiger partial charge on any atom is -0.484 e. The molecular weight excluding hydrogens is 358 g/mol. The smallest absolute Gasteiger partial charge is 0.269 e. The topological polar surface area (TPSA) is 93.9 Å².